The van der Waals surface area contributed by atoms with Gasteiger partial charge in [-0.05, 0) is 24.6 Å². The van der Waals surface area contributed by atoms with Crippen molar-refractivity contribution >= 4 is 5.97 Å². The molecule has 17 heavy (non-hydrogen) atoms. The van der Waals surface area contributed by atoms with Crippen LogP contribution in [0, 0.1) is 12.7 Å². The van der Waals surface area contributed by atoms with E-state index in [0.29, 0.717) is 16.9 Å². The van der Waals surface area contributed by atoms with Crippen LogP contribution in [-0.4, -0.2) is 26.1 Å². The molecule has 1 N–H and O–H groups in total. The van der Waals surface area contributed by atoms with Gasteiger partial charge in [0.15, 0.2) is 0 Å². The highest BCUT2D eigenvalue weighted by atomic mass is 19.1. The number of aliphatic carboxylic acids is 1. The van der Waals surface area contributed by atoms with Crippen molar-refractivity contribution in [2.45, 2.75) is 13.3 Å². The number of rotatable bonds is 3. The van der Waals surface area contributed by atoms with Gasteiger partial charge in [0.1, 0.15) is 5.82 Å². The topological polar surface area (TPSA) is 68.0 Å². The highest BCUT2D eigenvalue weighted by molar-refractivity contribution is 5.69. The summed E-state index contributed by atoms with van der Waals surface area (Å²) in [6.07, 6.45) is 1.27. The van der Waals surface area contributed by atoms with Gasteiger partial charge in [-0.1, -0.05) is 11.3 Å². The molecule has 2 rings (SSSR count). The fourth-order valence-electron chi connectivity index (χ4n) is 1.38. The maximum atomic E-state index is 13.3. The van der Waals surface area contributed by atoms with E-state index in [9.17, 15) is 9.18 Å². The molecule has 0 aliphatic rings. The van der Waals surface area contributed by atoms with E-state index in [1.807, 2.05) is 0 Å². The molecule has 0 aliphatic heterocycles. The van der Waals surface area contributed by atoms with Crippen LogP contribution in [0.3, 0.4) is 0 Å². The molecule has 0 saturated heterocycles. The van der Waals surface area contributed by atoms with Crippen molar-refractivity contribution in [3.8, 4) is 5.69 Å². The molecule has 1 heterocycles. The van der Waals surface area contributed by atoms with Crippen LogP contribution in [0.4, 0.5) is 4.39 Å². The normalized spacial score (nSPS) is 10.5. The van der Waals surface area contributed by atoms with Crippen LogP contribution in [0.2, 0.25) is 0 Å². The second-order valence-electron chi connectivity index (χ2n) is 3.66. The third-order valence-electron chi connectivity index (χ3n) is 2.29. The zero-order valence-corrected chi connectivity index (χ0v) is 9.09. The van der Waals surface area contributed by atoms with Crippen molar-refractivity contribution in [1.82, 2.24) is 15.0 Å². The Balaban J connectivity index is 2.30. The van der Waals surface area contributed by atoms with Crippen molar-refractivity contribution in [2.24, 2.45) is 0 Å². The molecule has 0 fully saturated rings. The van der Waals surface area contributed by atoms with Crippen molar-refractivity contribution < 1.29 is 14.3 Å². The third-order valence-corrected chi connectivity index (χ3v) is 2.29. The predicted octanol–water partition coefficient (Wildman–Crippen LogP) is 1.34. The summed E-state index contributed by atoms with van der Waals surface area (Å²) in [4.78, 5) is 10.5. The number of carboxylic acids is 1. The number of hydrogen-bond donors (Lipinski definition) is 1. The molecule has 5 nitrogen and oxygen atoms in total. The van der Waals surface area contributed by atoms with Crippen molar-refractivity contribution in [3.05, 3.63) is 41.5 Å². The Morgan fingerprint density at radius 1 is 1.53 bits per heavy atom. The Morgan fingerprint density at radius 2 is 2.29 bits per heavy atom. The number of nitrogens with zero attached hydrogens (tertiary/aromatic N) is 3. The molecule has 0 unspecified atom stereocenters. The predicted molar refractivity (Wildman–Crippen MR) is 57.4 cm³/mol. The number of carbonyl (C=O) groups is 1. The minimum absolute atomic E-state index is 0.200. The average molecular weight is 235 g/mol. The van der Waals surface area contributed by atoms with Crippen LogP contribution in [0.25, 0.3) is 5.69 Å². The molecule has 0 spiro atoms. The van der Waals surface area contributed by atoms with Gasteiger partial charge in [0.25, 0.3) is 0 Å². The smallest absolute Gasteiger partial charge is 0.309 e. The number of aryl methyl sites for hydroxylation is 1. The number of carboxylic acid groups (broad SMARTS) is 1. The summed E-state index contributed by atoms with van der Waals surface area (Å²) in [7, 11) is 0. The van der Waals surface area contributed by atoms with Gasteiger partial charge in [0, 0.05) is 0 Å². The third kappa shape index (κ3) is 2.47. The Morgan fingerprint density at radius 3 is 2.94 bits per heavy atom. The Kier molecular flexibility index (Phi) is 2.86. The van der Waals surface area contributed by atoms with Gasteiger partial charge in [-0.3, -0.25) is 4.79 Å². The van der Waals surface area contributed by atoms with Crippen LogP contribution in [0.5, 0.6) is 0 Å². The molecule has 88 valence electrons. The van der Waals surface area contributed by atoms with Gasteiger partial charge in [0.2, 0.25) is 0 Å². The summed E-state index contributed by atoms with van der Waals surface area (Å²) in [6, 6.07) is 4.65. The summed E-state index contributed by atoms with van der Waals surface area (Å²) in [5.74, 6) is -1.31. The second kappa shape index (κ2) is 4.32. The summed E-state index contributed by atoms with van der Waals surface area (Å²) < 4.78 is 14.7. The second-order valence-corrected chi connectivity index (χ2v) is 3.66. The number of halogens is 1. The van der Waals surface area contributed by atoms with E-state index in [2.05, 4.69) is 10.3 Å². The highest BCUT2D eigenvalue weighted by Gasteiger charge is 2.07. The molecule has 0 amide bonds. The van der Waals surface area contributed by atoms with E-state index < -0.39 is 5.97 Å². The van der Waals surface area contributed by atoms with Crippen molar-refractivity contribution in [2.75, 3.05) is 0 Å². The monoisotopic (exact) mass is 235 g/mol. The molecular weight excluding hydrogens is 225 g/mol. The summed E-state index contributed by atoms with van der Waals surface area (Å²) in [6.45, 7) is 1.66. The fourth-order valence-corrected chi connectivity index (χ4v) is 1.38. The van der Waals surface area contributed by atoms with E-state index in [-0.39, 0.29) is 12.2 Å². The zero-order chi connectivity index (χ0) is 12.4. The molecule has 0 bridgehead atoms. The maximum absolute atomic E-state index is 13.3. The first-order chi connectivity index (χ1) is 8.06. The molecule has 0 radical (unpaired) electrons. The first-order valence-electron chi connectivity index (χ1n) is 4.96. The molecule has 0 aliphatic carbocycles. The van der Waals surface area contributed by atoms with E-state index in [4.69, 9.17) is 5.11 Å². The highest BCUT2D eigenvalue weighted by Crippen LogP contribution is 2.12. The fraction of sp³-hybridized carbons (Fsp3) is 0.182. The molecule has 0 atom stereocenters. The summed E-state index contributed by atoms with van der Waals surface area (Å²) in [5, 5.41) is 16.0. The van der Waals surface area contributed by atoms with Gasteiger partial charge >= 0.3 is 5.97 Å². The minimum Gasteiger partial charge on any atom is -0.481 e. The zero-order valence-electron chi connectivity index (χ0n) is 9.09. The molecule has 1 aromatic heterocycles. The van der Waals surface area contributed by atoms with Crippen LogP contribution in [0.15, 0.2) is 24.4 Å². The Hall–Kier alpha value is -2.24. The summed E-state index contributed by atoms with van der Waals surface area (Å²) in [5.41, 5.74) is 1.38. The van der Waals surface area contributed by atoms with Crippen LogP contribution >= 0.6 is 0 Å². The van der Waals surface area contributed by atoms with Crippen molar-refractivity contribution in [3.63, 3.8) is 0 Å². The van der Waals surface area contributed by atoms with Gasteiger partial charge in [0.05, 0.1) is 24.0 Å². The van der Waals surface area contributed by atoms with Gasteiger partial charge in [-0.25, -0.2) is 9.07 Å². The standard InChI is InChI=1S/C11H10FN3O2/c1-7-2-3-9(5-10(7)12)15-6-8(13-14-15)4-11(16)17/h2-3,5-6H,4H2,1H3,(H,16,17). The lowest BCUT2D eigenvalue weighted by atomic mass is 10.2. The van der Waals surface area contributed by atoms with Gasteiger partial charge in [-0.15, -0.1) is 5.10 Å². The average Bonchev–Trinajstić information content (AvgIpc) is 2.69. The molecule has 0 saturated carbocycles. The number of aromatic nitrogens is 3. The van der Waals surface area contributed by atoms with E-state index in [1.54, 1.807) is 19.1 Å². The Labute approximate surface area is 96.5 Å². The molecular formula is C11H10FN3O2. The van der Waals surface area contributed by atoms with Crippen LogP contribution in [0.1, 0.15) is 11.3 Å². The van der Waals surface area contributed by atoms with Crippen molar-refractivity contribution in [1.29, 1.82) is 0 Å². The van der Waals surface area contributed by atoms with E-state index >= 15 is 0 Å². The molecule has 6 heteroatoms. The molecule has 2 aromatic rings. The SMILES string of the molecule is Cc1ccc(-n2cc(CC(=O)O)nn2)cc1F. The number of benzene rings is 1. The minimum atomic E-state index is -0.980. The Bertz CT molecular complexity index is 566. The van der Waals surface area contributed by atoms with Gasteiger partial charge in [-0.2, -0.15) is 0 Å². The molecule has 1 aromatic carbocycles. The first-order valence-corrected chi connectivity index (χ1v) is 4.96. The summed E-state index contributed by atoms with van der Waals surface area (Å²) >= 11 is 0. The van der Waals surface area contributed by atoms with Crippen LogP contribution in [-0.2, 0) is 11.2 Å². The first kappa shape index (κ1) is 11.3. The van der Waals surface area contributed by atoms with E-state index in [1.165, 1.54) is 16.9 Å². The lowest BCUT2D eigenvalue weighted by molar-refractivity contribution is -0.136. The number of hydrogen-bond acceptors (Lipinski definition) is 3. The van der Waals surface area contributed by atoms with Crippen LogP contribution < -0.4 is 0 Å². The van der Waals surface area contributed by atoms with E-state index in [0.717, 1.165) is 0 Å². The lowest BCUT2D eigenvalue weighted by Gasteiger charge is -2.01. The lowest BCUT2D eigenvalue weighted by Crippen LogP contribution is -2.00. The largest absolute Gasteiger partial charge is 0.481 e. The maximum Gasteiger partial charge on any atom is 0.309 e. The quantitative estimate of drug-likeness (QED) is 0.871. The van der Waals surface area contributed by atoms with Gasteiger partial charge < -0.3 is 5.11 Å².